The fourth-order valence-electron chi connectivity index (χ4n) is 2.99. The van der Waals surface area contributed by atoms with Gasteiger partial charge in [0.2, 0.25) is 0 Å². The maximum atomic E-state index is 6.00. The van der Waals surface area contributed by atoms with Crippen molar-refractivity contribution in [2.24, 2.45) is 5.10 Å². The summed E-state index contributed by atoms with van der Waals surface area (Å²) >= 11 is 6.00. The number of para-hydroxylation sites is 1. The van der Waals surface area contributed by atoms with Crippen molar-refractivity contribution in [2.75, 3.05) is 19.6 Å². The standard InChI is InChI=1S/C23H19ClN4O2/c1-29-20-12-7-15(13-21(20)30-2)14-25-28-23-18-5-3-4-6-19(18)26-22(27-23)16-8-10-17(24)11-9-16/h3-14H,1-2H3,(H,26,27,28)/b25-14+. The van der Waals surface area contributed by atoms with E-state index in [0.29, 0.717) is 28.2 Å². The van der Waals surface area contributed by atoms with E-state index in [4.69, 9.17) is 21.1 Å². The number of hydrogen-bond donors (Lipinski definition) is 1. The lowest BCUT2D eigenvalue weighted by molar-refractivity contribution is 0.355. The SMILES string of the molecule is COc1ccc(/C=N/Nc2nc(-c3ccc(Cl)cc3)nc3ccccc23)cc1OC. The average Bonchev–Trinajstić information content (AvgIpc) is 2.79. The number of benzene rings is 3. The molecule has 4 aromatic rings. The lowest BCUT2D eigenvalue weighted by Gasteiger charge is -2.09. The second kappa shape index (κ2) is 8.80. The first-order valence-corrected chi connectivity index (χ1v) is 9.59. The van der Waals surface area contributed by atoms with Gasteiger partial charge in [-0.05, 0) is 60.2 Å². The van der Waals surface area contributed by atoms with E-state index in [9.17, 15) is 0 Å². The van der Waals surface area contributed by atoms with Crippen LogP contribution in [0.1, 0.15) is 5.56 Å². The van der Waals surface area contributed by atoms with E-state index in [2.05, 4.69) is 20.5 Å². The van der Waals surface area contributed by atoms with Crippen LogP contribution < -0.4 is 14.9 Å². The molecule has 3 aromatic carbocycles. The van der Waals surface area contributed by atoms with Gasteiger partial charge >= 0.3 is 0 Å². The van der Waals surface area contributed by atoms with Gasteiger partial charge in [-0.3, -0.25) is 5.43 Å². The highest BCUT2D eigenvalue weighted by atomic mass is 35.5. The van der Waals surface area contributed by atoms with Crippen molar-refractivity contribution in [3.05, 3.63) is 77.3 Å². The quantitative estimate of drug-likeness (QED) is 0.335. The van der Waals surface area contributed by atoms with E-state index < -0.39 is 0 Å². The largest absolute Gasteiger partial charge is 0.493 e. The van der Waals surface area contributed by atoms with Crippen molar-refractivity contribution in [3.8, 4) is 22.9 Å². The van der Waals surface area contributed by atoms with Gasteiger partial charge in [0.25, 0.3) is 0 Å². The molecule has 0 aliphatic rings. The minimum absolute atomic E-state index is 0.592. The number of ether oxygens (including phenoxy) is 2. The fraction of sp³-hybridized carbons (Fsp3) is 0.0870. The summed E-state index contributed by atoms with van der Waals surface area (Å²) in [5.74, 6) is 2.51. The second-order valence-corrected chi connectivity index (χ2v) is 6.84. The van der Waals surface area contributed by atoms with E-state index in [1.165, 1.54) is 0 Å². The third kappa shape index (κ3) is 4.18. The van der Waals surface area contributed by atoms with Crippen LogP contribution in [0.4, 0.5) is 5.82 Å². The van der Waals surface area contributed by atoms with Gasteiger partial charge in [0.05, 0.1) is 26.0 Å². The molecule has 6 nitrogen and oxygen atoms in total. The molecule has 7 heteroatoms. The second-order valence-electron chi connectivity index (χ2n) is 6.40. The predicted octanol–water partition coefficient (Wildman–Crippen LogP) is 5.41. The van der Waals surface area contributed by atoms with E-state index >= 15 is 0 Å². The molecule has 0 aliphatic carbocycles. The van der Waals surface area contributed by atoms with Gasteiger partial charge in [0.15, 0.2) is 23.1 Å². The summed E-state index contributed by atoms with van der Waals surface area (Å²) in [6, 6.07) is 20.8. The number of methoxy groups -OCH3 is 2. The molecule has 1 aromatic heterocycles. The molecule has 0 unspecified atom stereocenters. The lowest BCUT2D eigenvalue weighted by atomic mass is 10.2. The summed E-state index contributed by atoms with van der Waals surface area (Å²) in [5.41, 5.74) is 5.59. The van der Waals surface area contributed by atoms with Crippen LogP contribution >= 0.6 is 11.6 Å². The average molecular weight is 419 g/mol. The van der Waals surface area contributed by atoms with Gasteiger partial charge in [-0.1, -0.05) is 23.7 Å². The number of nitrogens with one attached hydrogen (secondary N) is 1. The maximum absolute atomic E-state index is 6.00. The van der Waals surface area contributed by atoms with Crippen LogP contribution in [0.25, 0.3) is 22.3 Å². The normalized spacial score (nSPS) is 11.0. The summed E-state index contributed by atoms with van der Waals surface area (Å²) in [4.78, 5) is 9.34. The highest BCUT2D eigenvalue weighted by Gasteiger charge is 2.09. The number of aromatic nitrogens is 2. The zero-order valence-electron chi connectivity index (χ0n) is 16.5. The molecule has 150 valence electrons. The molecule has 0 saturated carbocycles. The van der Waals surface area contributed by atoms with Gasteiger partial charge < -0.3 is 9.47 Å². The van der Waals surface area contributed by atoms with Crippen LogP contribution in [0.2, 0.25) is 5.02 Å². The molecule has 1 N–H and O–H groups in total. The summed E-state index contributed by atoms with van der Waals surface area (Å²) in [7, 11) is 3.20. The Morgan fingerprint density at radius 3 is 2.43 bits per heavy atom. The molecular weight excluding hydrogens is 400 g/mol. The van der Waals surface area contributed by atoms with Crippen LogP contribution in [0.3, 0.4) is 0 Å². The van der Waals surface area contributed by atoms with Crippen LogP contribution in [-0.4, -0.2) is 30.4 Å². The first kappa shape index (κ1) is 19.7. The zero-order chi connectivity index (χ0) is 20.9. The van der Waals surface area contributed by atoms with Crippen LogP contribution in [-0.2, 0) is 0 Å². The van der Waals surface area contributed by atoms with Crippen LogP contribution in [0.5, 0.6) is 11.5 Å². The van der Waals surface area contributed by atoms with Crippen molar-refractivity contribution in [3.63, 3.8) is 0 Å². The Morgan fingerprint density at radius 2 is 1.67 bits per heavy atom. The highest BCUT2D eigenvalue weighted by molar-refractivity contribution is 6.30. The van der Waals surface area contributed by atoms with Gasteiger partial charge in [-0.2, -0.15) is 5.10 Å². The van der Waals surface area contributed by atoms with Crippen molar-refractivity contribution in [1.82, 2.24) is 9.97 Å². The first-order valence-electron chi connectivity index (χ1n) is 9.22. The minimum Gasteiger partial charge on any atom is -0.493 e. The number of halogens is 1. The monoisotopic (exact) mass is 418 g/mol. The molecule has 0 atom stereocenters. The third-order valence-corrected chi connectivity index (χ3v) is 4.75. The molecular formula is C23H19ClN4O2. The summed E-state index contributed by atoms with van der Waals surface area (Å²) in [6.45, 7) is 0. The number of rotatable bonds is 6. The molecule has 4 rings (SSSR count). The Morgan fingerprint density at radius 1 is 0.900 bits per heavy atom. The first-order chi connectivity index (χ1) is 14.7. The molecule has 1 heterocycles. The molecule has 0 bridgehead atoms. The van der Waals surface area contributed by atoms with Gasteiger partial charge in [0.1, 0.15) is 0 Å². The zero-order valence-corrected chi connectivity index (χ0v) is 17.2. The van der Waals surface area contributed by atoms with Crippen LogP contribution in [0.15, 0.2) is 71.8 Å². The van der Waals surface area contributed by atoms with Gasteiger partial charge in [0, 0.05) is 16.0 Å². The highest BCUT2D eigenvalue weighted by Crippen LogP contribution is 2.28. The van der Waals surface area contributed by atoms with E-state index in [1.54, 1.807) is 20.4 Å². The number of hydrogen-bond acceptors (Lipinski definition) is 6. The van der Waals surface area contributed by atoms with Crippen molar-refractivity contribution < 1.29 is 9.47 Å². The molecule has 0 amide bonds. The molecule has 30 heavy (non-hydrogen) atoms. The Kier molecular flexibility index (Phi) is 5.77. The Labute approximate surface area is 179 Å². The Hall–Kier alpha value is -3.64. The number of hydrazone groups is 1. The molecule has 0 radical (unpaired) electrons. The molecule has 0 fully saturated rings. The predicted molar refractivity (Wildman–Crippen MR) is 121 cm³/mol. The summed E-state index contributed by atoms with van der Waals surface area (Å²) in [6.07, 6.45) is 1.70. The number of fused-ring (bicyclic) bond motifs is 1. The number of anilines is 1. The lowest BCUT2D eigenvalue weighted by Crippen LogP contribution is -1.99. The molecule has 0 saturated heterocycles. The Balaban J connectivity index is 1.66. The van der Waals surface area contributed by atoms with Crippen LogP contribution in [0, 0.1) is 0 Å². The minimum atomic E-state index is 0.592. The smallest absolute Gasteiger partial charge is 0.162 e. The van der Waals surface area contributed by atoms with Crippen molar-refractivity contribution in [2.45, 2.75) is 0 Å². The van der Waals surface area contributed by atoms with E-state index in [0.717, 1.165) is 22.0 Å². The number of nitrogens with zero attached hydrogens (tertiary/aromatic N) is 3. The maximum Gasteiger partial charge on any atom is 0.162 e. The fourth-order valence-corrected chi connectivity index (χ4v) is 3.12. The third-order valence-electron chi connectivity index (χ3n) is 4.50. The van der Waals surface area contributed by atoms with Gasteiger partial charge in [-0.15, -0.1) is 0 Å². The van der Waals surface area contributed by atoms with Gasteiger partial charge in [-0.25, -0.2) is 9.97 Å². The Bertz CT molecular complexity index is 1210. The summed E-state index contributed by atoms with van der Waals surface area (Å²) < 4.78 is 10.6. The summed E-state index contributed by atoms with van der Waals surface area (Å²) in [5, 5.41) is 5.90. The van der Waals surface area contributed by atoms with E-state index in [1.807, 2.05) is 66.7 Å². The topological polar surface area (TPSA) is 68.6 Å². The van der Waals surface area contributed by atoms with Crippen molar-refractivity contribution in [1.29, 1.82) is 0 Å². The van der Waals surface area contributed by atoms with E-state index in [-0.39, 0.29) is 0 Å². The van der Waals surface area contributed by atoms with Crippen molar-refractivity contribution >= 4 is 34.5 Å². The molecule has 0 aliphatic heterocycles. The molecule has 0 spiro atoms.